The Morgan fingerprint density at radius 1 is 1.31 bits per heavy atom. The van der Waals surface area contributed by atoms with Crippen molar-refractivity contribution in [3.63, 3.8) is 0 Å². The second-order valence-electron chi connectivity index (χ2n) is 3.68. The lowest BCUT2D eigenvalue weighted by molar-refractivity contribution is 0.0141. The number of rotatable bonds is 3. The first-order chi connectivity index (χ1) is 5.86. The van der Waals surface area contributed by atoms with Crippen LogP contribution in [0.4, 0.5) is 8.78 Å². The molecule has 1 saturated carbocycles. The zero-order chi connectivity index (χ0) is 10.1. The Hall–Kier alpha value is -0.230. The molecule has 78 valence electrons. The van der Waals surface area contributed by atoms with Crippen LogP contribution in [0.15, 0.2) is 0 Å². The fourth-order valence-corrected chi connectivity index (χ4v) is 3.12. The van der Waals surface area contributed by atoms with E-state index < -0.39 is 27.6 Å². The lowest BCUT2D eigenvalue weighted by atomic mass is 9.89. The van der Waals surface area contributed by atoms with E-state index in [1.165, 1.54) is 0 Å². The van der Waals surface area contributed by atoms with Crippen LogP contribution < -0.4 is 5.14 Å². The first kappa shape index (κ1) is 10.8. The molecule has 0 amide bonds. The topological polar surface area (TPSA) is 60.2 Å². The summed E-state index contributed by atoms with van der Waals surface area (Å²) >= 11 is 0. The molecule has 0 aromatic rings. The summed E-state index contributed by atoms with van der Waals surface area (Å²) in [5, 5.41) is 4.78. The van der Waals surface area contributed by atoms with Crippen molar-refractivity contribution >= 4 is 10.0 Å². The number of primary sulfonamides is 1. The highest BCUT2D eigenvalue weighted by Gasteiger charge is 2.45. The number of halogens is 2. The molecule has 0 saturated heterocycles. The maximum absolute atomic E-state index is 12.6. The van der Waals surface area contributed by atoms with E-state index in [2.05, 4.69) is 0 Å². The zero-order valence-electron chi connectivity index (χ0n) is 7.17. The van der Waals surface area contributed by atoms with Crippen LogP contribution in [0.5, 0.6) is 0 Å². The van der Waals surface area contributed by atoms with E-state index in [1.807, 2.05) is 0 Å². The van der Waals surface area contributed by atoms with Gasteiger partial charge in [0.2, 0.25) is 16.4 Å². The van der Waals surface area contributed by atoms with Crippen LogP contribution in [0, 0.1) is 5.41 Å². The van der Waals surface area contributed by atoms with Crippen molar-refractivity contribution in [2.75, 3.05) is 5.75 Å². The van der Waals surface area contributed by atoms with Gasteiger partial charge in [0.05, 0.1) is 5.75 Å². The monoisotopic (exact) mass is 213 g/mol. The third-order valence-electron chi connectivity index (χ3n) is 2.55. The first-order valence-electron chi connectivity index (χ1n) is 4.14. The Kier molecular flexibility index (Phi) is 2.91. The molecule has 0 bridgehead atoms. The van der Waals surface area contributed by atoms with Crippen molar-refractivity contribution in [3.05, 3.63) is 0 Å². The lowest BCUT2D eigenvalue weighted by Crippen LogP contribution is -2.37. The second-order valence-corrected chi connectivity index (χ2v) is 5.29. The van der Waals surface area contributed by atoms with Gasteiger partial charge in [0, 0.05) is 5.41 Å². The largest absolute Gasteiger partial charge is 0.245 e. The average molecular weight is 213 g/mol. The smallest absolute Gasteiger partial charge is 0.229 e. The molecular weight excluding hydrogens is 200 g/mol. The normalized spacial score (nSPS) is 22.5. The van der Waals surface area contributed by atoms with Crippen LogP contribution in [0.25, 0.3) is 0 Å². The SMILES string of the molecule is NS(=O)(=O)CC1(C(F)F)CCCC1. The molecule has 1 fully saturated rings. The van der Waals surface area contributed by atoms with E-state index in [0.717, 1.165) is 0 Å². The maximum atomic E-state index is 12.6. The zero-order valence-corrected chi connectivity index (χ0v) is 7.99. The van der Waals surface area contributed by atoms with Gasteiger partial charge in [0.25, 0.3) is 0 Å². The summed E-state index contributed by atoms with van der Waals surface area (Å²) in [5.74, 6) is -0.586. The predicted molar refractivity (Wildman–Crippen MR) is 44.9 cm³/mol. The molecule has 2 N–H and O–H groups in total. The average Bonchev–Trinajstić information content (AvgIpc) is 2.33. The lowest BCUT2D eigenvalue weighted by Gasteiger charge is -2.26. The quantitative estimate of drug-likeness (QED) is 0.763. The van der Waals surface area contributed by atoms with Crippen LogP contribution in [0.3, 0.4) is 0 Å². The minimum Gasteiger partial charge on any atom is -0.229 e. The molecule has 1 aliphatic rings. The summed E-state index contributed by atoms with van der Waals surface area (Å²) < 4.78 is 46.7. The highest BCUT2D eigenvalue weighted by atomic mass is 32.2. The Labute approximate surface area is 76.4 Å². The third-order valence-corrected chi connectivity index (χ3v) is 3.53. The molecule has 0 aliphatic heterocycles. The predicted octanol–water partition coefficient (Wildman–Crippen LogP) is 1.10. The molecule has 0 aromatic carbocycles. The van der Waals surface area contributed by atoms with Gasteiger partial charge in [-0.2, -0.15) is 0 Å². The molecule has 13 heavy (non-hydrogen) atoms. The third kappa shape index (κ3) is 2.60. The van der Waals surface area contributed by atoms with Gasteiger partial charge in [-0.1, -0.05) is 12.8 Å². The molecule has 0 atom stereocenters. The number of hydrogen-bond donors (Lipinski definition) is 1. The molecule has 0 spiro atoms. The number of nitrogens with two attached hydrogens (primary N) is 1. The van der Waals surface area contributed by atoms with Gasteiger partial charge in [-0.3, -0.25) is 0 Å². The molecule has 3 nitrogen and oxygen atoms in total. The van der Waals surface area contributed by atoms with Gasteiger partial charge in [-0.25, -0.2) is 22.3 Å². The van der Waals surface area contributed by atoms with Gasteiger partial charge in [0.15, 0.2) is 0 Å². The van der Waals surface area contributed by atoms with Crippen molar-refractivity contribution in [1.82, 2.24) is 0 Å². The van der Waals surface area contributed by atoms with Crippen LogP contribution in [0.2, 0.25) is 0 Å². The number of sulfonamides is 1. The van der Waals surface area contributed by atoms with Crippen molar-refractivity contribution in [2.24, 2.45) is 10.6 Å². The second kappa shape index (κ2) is 3.49. The molecule has 0 radical (unpaired) electrons. The highest BCUT2D eigenvalue weighted by molar-refractivity contribution is 7.89. The molecule has 1 rings (SSSR count). The standard InChI is InChI=1S/C7H13F2NO2S/c8-6(9)7(3-1-2-4-7)5-13(10,11)12/h6H,1-5H2,(H2,10,11,12). The van der Waals surface area contributed by atoms with E-state index in [-0.39, 0.29) is 12.8 Å². The summed E-state index contributed by atoms with van der Waals surface area (Å²) in [7, 11) is -3.79. The maximum Gasteiger partial charge on any atom is 0.245 e. The van der Waals surface area contributed by atoms with E-state index in [1.54, 1.807) is 0 Å². The summed E-state index contributed by atoms with van der Waals surface area (Å²) in [6.45, 7) is 0. The van der Waals surface area contributed by atoms with Crippen LogP contribution >= 0.6 is 0 Å². The highest BCUT2D eigenvalue weighted by Crippen LogP contribution is 2.43. The van der Waals surface area contributed by atoms with E-state index in [0.29, 0.717) is 12.8 Å². The Morgan fingerprint density at radius 3 is 2.08 bits per heavy atom. The van der Waals surface area contributed by atoms with Gasteiger partial charge < -0.3 is 0 Å². The van der Waals surface area contributed by atoms with E-state index in [4.69, 9.17) is 5.14 Å². The van der Waals surface area contributed by atoms with Gasteiger partial charge in [-0.05, 0) is 12.8 Å². The van der Waals surface area contributed by atoms with Crippen LogP contribution in [-0.2, 0) is 10.0 Å². The summed E-state index contributed by atoms with van der Waals surface area (Å²) in [4.78, 5) is 0. The summed E-state index contributed by atoms with van der Waals surface area (Å²) in [5.41, 5.74) is -1.37. The molecule has 0 heterocycles. The molecule has 0 aromatic heterocycles. The fourth-order valence-electron chi connectivity index (χ4n) is 1.91. The number of alkyl halides is 2. The van der Waals surface area contributed by atoms with Gasteiger partial charge in [-0.15, -0.1) is 0 Å². The van der Waals surface area contributed by atoms with Gasteiger partial charge in [0.1, 0.15) is 0 Å². The fraction of sp³-hybridized carbons (Fsp3) is 1.00. The molecular formula is C7H13F2NO2S. The molecule has 0 unspecified atom stereocenters. The van der Waals surface area contributed by atoms with Crippen molar-refractivity contribution in [2.45, 2.75) is 32.1 Å². The van der Waals surface area contributed by atoms with Crippen molar-refractivity contribution in [1.29, 1.82) is 0 Å². The molecule has 6 heteroatoms. The van der Waals surface area contributed by atoms with Crippen LogP contribution in [0.1, 0.15) is 25.7 Å². The van der Waals surface area contributed by atoms with E-state index in [9.17, 15) is 17.2 Å². The minimum absolute atomic E-state index is 0.265. The van der Waals surface area contributed by atoms with Crippen molar-refractivity contribution in [3.8, 4) is 0 Å². The van der Waals surface area contributed by atoms with E-state index >= 15 is 0 Å². The number of hydrogen-bond acceptors (Lipinski definition) is 2. The minimum atomic E-state index is -3.79. The Balaban J connectivity index is 2.80. The Morgan fingerprint density at radius 2 is 1.77 bits per heavy atom. The van der Waals surface area contributed by atoms with Crippen molar-refractivity contribution < 1.29 is 17.2 Å². The Bertz CT molecular complexity index is 270. The van der Waals surface area contributed by atoms with Gasteiger partial charge >= 0.3 is 0 Å². The van der Waals surface area contributed by atoms with Crippen LogP contribution in [-0.4, -0.2) is 20.6 Å². The molecule has 1 aliphatic carbocycles. The first-order valence-corrected chi connectivity index (χ1v) is 5.86. The summed E-state index contributed by atoms with van der Waals surface area (Å²) in [6.07, 6.45) is -0.727. The summed E-state index contributed by atoms with van der Waals surface area (Å²) in [6, 6.07) is 0.